The zero-order valence-corrected chi connectivity index (χ0v) is 18.0. The van der Waals surface area contributed by atoms with E-state index in [4.69, 9.17) is 5.21 Å². The van der Waals surface area contributed by atoms with Crippen LogP contribution in [0.25, 0.3) is 11.1 Å². The van der Waals surface area contributed by atoms with Gasteiger partial charge in [-0.15, -0.1) is 0 Å². The maximum absolute atomic E-state index is 13.0. The molecule has 0 spiro atoms. The molecular formula is C27H21N3O4. The van der Waals surface area contributed by atoms with Crippen molar-refractivity contribution in [1.82, 2.24) is 5.48 Å². The van der Waals surface area contributed by atoms with Gasteiger partial charge in [0.2, 0.25) is 0 Å². The number of hydrogen-bond acceptors (Lipinski definition) is 4. The highest BCUT2D eigenvalue weighted by atomic mass is 16.5. The molecule has 7 nitrogen and oxygen atoms in total. The Balaban J connectivity index is 1.69. The van der Waals surface area contributed by atoms with Gasteiger partial charge in [-0.25, -0.2) is 5.48 Å². The lowest BCUT2D eigenvalue weighted by Gasteiger charge is -2.12. The summed E-state index contributed by atoms with van der Waals surface area (Å²) in [6, 6.07) is 29.4. The van der Waals surface area contributed by atoms with E-state index < -0.39 is 5.91 Å². The van der Waals surface area contributed by atoms with Crippen LogP contribution in [-0.4, -0.2) is 22.9 Å². The third-order valence-electron chi connectivity index (χ3n) is 5.10. The zero-order valence-electron chi connectivity index (χ0n) is 18.0. The number of rotatable bonds is 6. The van der Waals surface area contributed by atoms with Crippen LogP contribution in [0.2, 0.25) is 0 Å². The molecule has 0 aliphatic carbocycles. The van der Waals surface area contributed by atoms with Crippen LogP contribution in [0.15, 0.2) is 103 Å². The second-order valence-electron chi connectivity index (χ2n) is 7.46. The van der Waals surface area contributed by atoms with E-state index in [0.29, 0.717) is 28.1 Å². The molecule has 0 radical (unpaired) electrons. The molecule has 4 aromatic rings. The van der Waals surface area contributed by atoms with Gasteiger partial charge in [-0.2, -0.15) is 0 Å². The standard InChI is InChI=1S/C27H21N3O4/c31-25(19-7-3-1-4-8-19)29-24-16-21(18-11-13-20(14-12-18)27(33)30-34)15-22(17-24)26(32)28-23-9-5-2-6-10-23/h1-17,34H,(H,28,32)(H,29,31)(H,30,33). The Labute approximate surface area is 196 Å². The summed E-state index contributed by atoms with van der Waals surface area (Å²) in [7, 11) is 0. The highest BCUT2D eigenvalue weighted by Crippen LogP contribution is 2.26. The number of amides is 3. The minimum atomic E-state index is -0.627. The minimum Gasteiger partial charge on any atom is -0.322 e. The molecule has 4 rings (SSSR count). The third kappa shape index (κ3) is 5.35. The van der Waals surface area contributed by atoms with Gasteiger partial charge in [0.1, 0.15) is 0 Å². The van der Waals surface area contributed by atoms with Crippen LogP contribution in [0.4, 0.5) is 11.4 Å². The van der Waals surface area contributed by atoms with Gasteiger partial charge in [-0.3, -0.25) is 19.6 Å². The maximum atomic E-state index is 13.0. The Morgan fingerprint density at radius 1 is 0.500 bits per heavy atom. The largest absolute Gasteiger partial charge is 0.322 e. The lowest BCUT2D eigenvalue weighted by atomic mass is 10.00. The predicted octanol–water partition coefficient (Wildman–Crippen LogP) is 4.98. The Morgan fingerprint density at radius 3 is 1.71 bits per heavy atom. The number of carbonyl (C=O) groups is 3. The lowest BCUT2D eigenvalue weighted by molar-refractivity contribution is 0.0706. The van der Waals surface area contributed by atoms with Crippen molar-refractivity contribution in [3.63, 3.8) is 0 Å². The second-order valence-corrected chi connectivity index (χ2v) is 7.46. The summed E-state index contributed by atoms with van der Waals surface area (Å²) in [5, 5.41) is 14.5. The Morgan fingerprint density at radius 2 is 1.06 bits per heavy atom. The van der Waals surface area contributed by atoms with E-state index in [1.54, 1.807) is 84.3 Å². The molecule has 4 N–H and O–H groups in total. The summed E-state index contributed by atoms with van der Waals surface area (Å²) >= 11 is 0. The van der Waals surface area contributed by atoms with Crippen molar-refractivity contribution in [3.8, 4) is 11.1 Å². The SMILES string of the molecule is O=C(NO)c1ccc(-c2cc(NC(=O)c3ccccc3)cc(C(=O)Nc3ccccc3)c2)cc1. The highest BCUT2D eigenvalue weighted by molar-refractivity contribution is 6.08. The Kier molecular flexibility index (Phi) is 6.76. The molecule has 0 aliphatic heterocycles. The number of carbonyl (C=O) groups excluding carboxylic acids is 3. The normalized spacial score (nSPS) is 10.3. The van der Waals surface area contributed by atoms with Crippen molar-refractivity contribution in [2.24, 2.45) is 0 Å². The van der Waals surface area contributed by atoms with Crippen LogP contribution >= 0.6 is 0 Å². The van der Waals surface area contributed by atoms with E-state index in [2.05, 4.69) is 10.6 Å². The van der Waals surface area contributed by atoms with Crippen molar-refractivity contribution in [1.29, 1.82) is 0 Å². The average Bonchev–Trinajstić information content (AvgIpc) is 2.89. The summed E-state index contributed by atoms with van der Waals surface area (Å²) in [5.41, 5.74) is 5.19. The fourth-order valence-electron chi connectivity index (χ4n) is 3.39. The molecule has 7 heteroatoms. The van der Waals surface area contributed by atoms with Crippen LogP contribution in [-0.2, 0) is 0 Å². The first-order valence-corrected chi connectivity index (χ1v) is 10.5. The van der Waals surface area contributed by atoms with E-state index in [-0.39, 0.29) is 17.4 Å². The molecule has 4 aromatic carbocycles. The van der Waals surface area contributed by atoms with Gasteiger partial charge in [-0.1, -0.05) is 48.5 Å². The molecule has 0 bridgehead atoms. The minimum absolute atomic E-state index is 0.279. The molecule has 0 saturated heterocycles. The first kappa shape index (κ1) is 22.4. The lowest BCUT2D eigenvalue weighted by Crippen LogP contribution is -2.18. The molecule has 0 aromatic heterocycles. The van der Waals surface area contributed by atoms with Crippen LogP contribution in [0.1, 0.15) is 31.1 Å². The van der Waals surface area contributed by atoms with Gasteiger partial charge in [0.05, 0.1) is 0 Å². The highest BCUT2D eigenvalue weighted by Gasteiger charge is 2.13. The topological polar surface area (TPSA) is 108 Å². The number of hydroxylamine groups is 1. The number of hydrogen-bond donors (Lipinski definition) is 4. The van der Waals surface area contributed by atoms with Crippen molar-refractivity contribution in [3.05, 3.63) is 120 Å². The predicted molar refractivity (Wildman–Crippen MR) is 130 cm³/mol. The number of para-hydroxylation sites is 1. The van der Waals surface area contributed by atoms with Gasteiger partial charge in [-0.05, 0) is 65.7 Å². The summed E-state index contributed by atoms with van der Waals surface area (Å²) in [6.07, 6.45) is 0. The molecule has 3 amide bonds. The molecule has 168 valence electrons. The fourth-order valence-corrected chi connectivity index (χ4v) is 3.39. The molecule has 0 fully saturated rings. The average molecular weight is 451 g/mol. The van der Waals surface area contributed by atoms with Crippen LogP contribution in [0.5, 0.6) is 0 Å². The number of anilines is 2. The van der Waals surface area contributed by atoms with Gasteiger partial charge in [0, 0.05) is 28.1 Å². The molecule has 0 saturated carbocycles. The van der Waals surface area contributed by atoms with Crippen molar-refractivity contribution >= 4 is 29.1 Å². The summed E-state index contributed by atoms with van der Waals surface area (Å²) < 4.78 is 0. The van der Waals surface area contributed by atoms with Crippen LogP contribution in [0, 0.1) is 0 Å². The van der Waals surface area contributed by atoms with Gasteiger partial charge in [0.15, 0.2) is 0 Å². The zero-order chi connectivity index (χ0) is 23.9. The van der Waals surface area contributed by atoms with Gasteiger partial charge >= 0.3 is 0 Å². The van der Waals surface area contributed by atoms with Gasteiger partial charge < -0.3 is 10.6 Å². The molecule has 0 heterocycles. The van der Waals surface area contributed by atoms with Crippen molar-refractivity contribution in [2.75, 3.05) is 10.6 Å². The van der Waals surface area contributed by atoms with E-state index in [0.717, 1.165) is 5.56 Å². The molecule has 0 atom stereocenters. The quantitative estimate of drug-likeness (QED) is 0.245. The molecule has 0 aliphatic rings. The fraction of sp³-hybridized carbons (Fsp3) is 0. The van der Waals surface area contributed by atoms with Crippen molar-refractivity contribution in [2.45, 2.75) is 0 Å². The van der Waals surface area contributed by atoms with E-state index in [1.165, 1.54) is 0 Å². The van der Waals surface area contributed by atoms with Crippen LogP contribution in [0.3, 0.4) is 0 Å². The van der Waals surface area contributed by atoms with E-state index in [1.807, 2.05) is 24.3 Å². The van der Waals surface area contributed by atoms with E-state index in [9.17, 15) is 14.4 Å². The summed E-state index contributed by atoms with van der Waals surface area (Å²) in [6.45, 7) is 0. The Bertz CT molecular complexity index is 1320. The summed E-state index contributed by atoms with van der Waals surface area (Å²) in [4.78, 5) is 37.3. The van der Waals surface area contributed by atoms with Crippen LogP contribution < -0.4 is 16.1 Å². The number of benzene rings is 4. The second kappa shape index (κ2) is 10.2. The Hall–Kier alpha value is -4.75. The molecule has 34 heavy (non-hydrogen) atoms. The molecular weight excluding hydrogens is 430 g/mol. The van der Waals surface area contributed by atoms with E-state index >= 15 is 0 Å². The first-order chi connectivity index (χ1) is 16.5. The van der Waals surface area contributed by atoms with Gasteiger partial charge in [0.25, 0.3) is 17.7 Å². The van der Waals surface area contributed by atoms with Crippen molar-refractivity contribution < 1.29 is 19.6 Å². The molecule has 0 unspecified atom stereocenters. The first-order valence-electron chi connectivity index (χ1n) is 10.5. The third-order valence-corrected chi connectivity index (χ3v) is 5.10. The monoisotopic (exact) mass is 451 g/mol. The number of nitrogens with one attached hydrogen (secondary N) is 3. The smallest absolute Gasteiger partial charge is 0.274 e. The summed E-state index contributed by atoms with van der Waals surface area (Å²) in [5.74, 6) is -1.26. The maximum Gasteiger partial charge on any atom is 0.274 e.